The molecule has 0 spiro atoms. The number of anilines is 2. The van der Waals surface area contributed by atoms with Crippen molar-refractivity contribution in [3.05, 3.63) is 83.8 Å². The van der Waals surface area contributed by atoms with Crippen LogP contribution >= 0.6 is 0 Å². The summed E-state index contributed by atoms with van der Waals surface area (Å²) in [6, 6.07) is 16.5. The van der Waals surface area contributed by atoms with E-state index < -0.39 is 5.60 Å². The van der Waals surface area contributed by atoms with Crippen molar-refractivity contribution in [2.24, 2.45) is 0 Å². The van der Waals surface area contributed by atoms with E-state index in [1.807, 2.05) is 63.2 Å². The molecular formula is C25H24N4O3. The fourth-order valence-corrected chi connectivity index (χ4v) is 3.37. The van der Waals surface area contributed by atoms with Gasteiger partial charge in [-0.2, -0.15) is 0 Å². The molecule has 0 saturated heterocycles. The van der Waals surface area contributed by atoms with Crippen LogP contribution in [-0.4, -0.2) is 32.3 Å². The second kappa shape index (κ2) is 8.63. The normalized spacial score (nSPS) is 11.3. The minimum atomic E-state index is -0.511. The molecule has 7 nitrogen and oxygen atoms in total. The zero-order chi connectivity index (χ0) is 22.7. The summed E-state index contributed by atoms with van der Waals surface area (Å²) in [4.78, 5) is 36.7. The third-order valence-electron chi connectivity index (χ3n) is 4.74. The zero-order valence-electron chi connectivity index (χ0n) is 18.2. The highest BCUT2D eigenvalue weighted by atomic mass is 16.6. The Bertz CT molecular complexity index is 1260. The smallest absolute Gasteiger partial charge is 0.310 e. The lowest BCUT2D eigenvalue weighted by Crippen LogP contribution is -2.24. The first-order valence-corrected chi connectivity index (χ1v) is 10.3. The maximum absolute atomic E-state index is 13.0. The maximum atomic E-state index is 13.0. The molecule has 0 radical (unpaired) electrons. The summed E-state index contributed by atoms with van der Waals surface area (Å²) in [5.41, 5.74) is 2.77. The number of rotatable bonds is 6. The minimum absolute atomic E-state index is 0.109. The largest absolute Gasteiger partial charge is 0.460 e. The highest BCUT2D eigenvalue weighted by Gasteiger charge is 2.19. The molecule has 162 valence electrons. The summed E-state index contributed by atoms with van der Waals surface area (Å²) >= 11 is 0. The molecule has 2 heterocycles. The molecule has 0 saturated carbocycles. The first-order chi connectivity index (χ1) is 15.3. The van der Waals surface area contributed by atoms with Crippen molar-refractivity contribution in [1.82, 2.24) is 15.0 Å². The number of aromatic amines is 1. The molecule has 2 aromatic heterocycles. The Labute approximate surface area is 185 Å². The van der Waals surface area contributed by atoms with Crippen molar-refractivity contribution in [2.45, 2.75) is 32.8 Å². The predicted molar refractivity (Wildman–Crippen MR) is 123 cm³/mol. The third-order valence-corrected chi connectivity index (χ3v) is 4.74. The Morgan fingerprint density at radius 1 is 1.00 bits per heavy atom. The van der Waals surface area contributed by atoms with Crippen molar-refractivity contribution in [1.29, 1.82) is 0 Å². The number of carbonyl (C=O) groups excluding carboxylic acids is 2. The summed E-state index contributed by atoms with van der Waals surface area (Å²) in [5.74, 6) is 0.143. The highest BCUT2D eigenvalue weighted by molar-refractivity contribution is 6.18. The quantitative estimate of drug-likeness (QED) is 0.338. The average molecular weight is 428 g/mol. The number of aromatic nitrogens is 3. The summed E-state index contributed by atoms with van der Waals surface area (Å²) in [5, 5.41) is 3.88. The summed E-state index contributed by atoms with van der Waals surface area (Å²) < 4.78 is 5.37. The lowest BCUT2D eigenvalue weighted by atomic mass is 10.0. The van der Waals surface area contributed by atoms with E-state index in [0.29, 0.717) is 28.0 Å². The molecule has 0 aliphatic carbocycles. The second-order valence-electron chi connectivity index (χ2n) is 8.43. The van der Waals surface area contributed by atoms with Crippen LogP contribution in [-0.2, 0) is 16.0 Å². The highest BCUT2D eigenvalue weighted by Crippen LogP contribution is 2.28. The van der Waals surface area contributed by atoms with Crippen LogP contribution in [0.15, 0.2) is 67.1 Å². The number of ether oxygens (including phenoxy) is 1. The van der Waals surface area contributed by atoms with Crippen LogP contribution in [0.4, 0.5) is 11.5 Å². The van der Waals surface area contributed by atoms with Crippen LogP contribution in [0, 0.1) is 0 Å². The van der Waals surface area contributed by atoms with Crippen molar-refractivity contribution in [3.63, 3.8) is 0 Å². The number of benzene rings is 2. The number of hydrogen-bond acceptors (Lipinski definition) is 6. The lowest BCUT2D eigenvalue weighted by molar-refractivity contribution is -0.153. The van der Waals surface area contributed by atoms with E-state index in [-0.39, 0.29) is 18.2 Å². The molecule has 0 bridgehead atoms. The molecule has 0 aliphatic rings. The van der Waals surface area contributed by atoms with Gasteiger partial charge in [0.05, 0.1) is 17.4 Å². The summed E-state index contributed by atoms with van der Waals surface area (Å²) in [6.07, 6.45) is 3.29. The van der Waals surface area contributed by atoms with Crippen LogP contribution in [0.3, 0.4) is 0 Å². The van der Waals surface area contributed by atoms with E-state index in [2.05, 4.69) is 20.3 Å². The average Bonchev–Trinajstić information content (AvgIpc) is 3.19. The Morgan fingerprint density at radius 3 is 2.41 bits per heavy atom. The van der Waals surface area contributed by atoms with Gasteiger partial charge in [0, 0.05) is 17.4 Å². The van der Waals surface area contributed by atoms with Crippen LogP contribution < -0.4 is 5.32 Å². The molecule has 32 heavy (non-hydrogen) atoms. The molecule has 0 atom stereocenters. The molecule has 0 fully saturated rings. The fourth-order valence-electron chi connectivity index (χ4n) is 3.37. The van der Waals surface area contributed by atoms with Crippen molar-refractivity contribution in [3.8, 4) is 0 Å². The van der Waals surface area contributed by atoms with E-state index in [1.165, 1.54) is 6.33 Å². The Hall–Kier alpha value is -4.00. The van der Waals surface area contributed by atoms with Crippen molar-refractivity contribution >= 4 is 34.3 Å². The van der Waals surface area contributed by atoms with Gasteiger partial charge in [-0.1, -0.05) is 42.5 Å². The molecule has 2 N–H and O–H groups in total. The molecule has 2 aromatic carbocycles. The van der Waals surface area contributed by atoms with E-state index in [9.17, 15) is 9.59 Å². The predicted octanol–water partition coefficient (Wildman–Crippen LogP) is 4.82. The maximum Gasteiger partial charge on any atom is 0.310 e. The van der Waals surface area contributed by atoms with Gasteiger partial charge in [0.25, 0.3) is 0 Å². The van der Waals surface area contributed by atoms with Gasteiger partial charge < -0.3 is 15.0 Å². The summed E-state index contributed by atoms with van der Waals surface area (Å²) in [7, 11) is 0. The molecule has 0 amide bonds. The number of esters is 1. The van der Waals surface area contributed by atoms with Gasteiger partial charge in [-0.25, -0.2) is 9.97 Å². The molecule has 0 aliphatic heterocycles. The monoisotopic (exact) mass is 428 g/mol. The van der Waals surface area contributed by atoms with Crippen molar-refractivity contribution < 1.29 is 14.3 Å². The SMILES string of the molecule is CC(C)(C)OC(=O)Cc1ccc(Nc2ncnc3[nH]cc(C(=O)c4ccccc4)c23)cc1. The van der Waals surface area contributed by atoms with Gasteiger partial charge in [-0.15, -0.1) is 0 Å². The minimum Gasteiger partial charge on any atom is -0.460 e. The Morgan fingerprint density at radius 2 is 1.72 bits per heavy atom. The lowest BCUT2D eigenvalue weighted by Gasteiger charge is -2.19. The second-order valence-corrected chi connectivity index (χ2v) is 8.43. The van der Waals surface area contributed by atoms with Gasteiger partial charge in [0.1, 0.15) is 23.4 Å². The van der Waals surface area contributed by atoms with E-state index in [1.54, 1.807) is 18.3 Å². The third kappa shape index (κ3) is 4.83. The number of carbonyl (C=O) groups is 2. The van der Waals surface area contributed by atoms with Crippen molar-refractivity contribution in [2.75, 3.05) is 5.32 Å². The number of ketones is 1. The van der Waals surface area contributed by atoms with Crippen LogP contribution in [0.1, 0.15) is 42.3 Å². The number of nitrogens with zero attached hydrogens (tertiary/aromatic N) is 2. The molecule has 4 rings (SSSR count). The molecule has 4 aromatic rings. The van der Waals surface area contributed by atoms with Gasteiger partial charge in [0.15, 0.2) is 5.78 Å². The van der Waals surface area contributed by atoms with Gasteiger partial charge in [-0.05, 0) is 38.5 Å². The van der Waals surface area contributed by atoms with Gasteiger partial charge >= 0.3 is 5.97 Å². The number of H-pyrrole nitrogens is 1. The zero-order valence-corrected chi connectivity index (χ0v) is 18.2. The van der Waals surface area contributed by atoms with E-state index in [0.717, 1.165) is 11.3 Å². The van der Waals surface area contributed by atoms with Crippen LogP contribution in [0.5, 0.6) is 0 Å². The number of nitrogens with one attached hydrogen (secondary N) is 2. The van der Waals surface area contributed by atoms with Gasteiger partial charge in [0.2, 0.25) is 0 Å². The fraction of sp³-hybridized carbons (Fsp3) is 0.200. The molecule has 7 heteroatoms. The Balaban J connectivity index is 1.56. The number of fused-ring (bicyclic) bond motifs is 1. The topological polar surface area (TPSA) is 97.0 Å². The number of hydrogen-bond donors (Lipinski definition) is 2. The molecule has 0 unspecified atom stereocenters. The first kappa shape index (κ1) is 21.2. The molecular weight excluding hydrogens is 404 g/mol. The van der Waals surface area contributed by atoms with Crippen LogP contribution in [0.2, 0.25) is 0 Å². The first-order valence-electron chi connectivity index (χ1n) is 10.3. The standard InChI is InChI=1S/C25H24N4O3/c1-25(2,3)32-20(30)13-16-9-11-18(12-10-16)29-24-21-19(14-26-23(21)27-15-28-24)22(31)17-7-5-4-6-8-17/h4-12,14-15H,13H2,1-3H3,(H2,26,27,28,29). The Kier molecular flexibility index (Phi) is 5.73. The summed E-state index contributed by atoms with van der Waals surface area (Å²) in [6.45, 7) is 5.54. The van der Waals surface area contributed by atoms with Gasteiger partial charge in [-0.3, -0.25) is 9.59 Å². The van der Waals surface area contributed by atoms with E-state index in [4.69, 9.17) is 4.74 Å². The van der Waals surface area contributed by atoms with Crippen LogP contribution in [0.25, 0.3) is 11.0 Å². The van der Waals surface area contributed by atoms with E-state index >= 15 is 0 Å².